The molecule has 1 amide bonds. The number of rotatable bonds is 8. The molecule has 0 saturated heterocycles. The molecule has 0 N–H and O–H groups in total. The molecule has 33 heavy (non-hydrogen) atoms. The molecule has 1 heterocycles. The fraction of sp³-hybridized carbons (Fsp3) is 0.321. The van der Waals surface area contributed by atoms with Gasteiger partial charge in [-0.25, -0.2) is 0 Å². The van der Waals surface area contributed by atoms with E-state index in [0.29, 0.717) is 31.1 Å². The number of benzene rings is 3. The Labute approximate surface area is 195 Å². The first-order valence-corrected chi connectivity index (χ1v) is 11.6. The Morgan fingerprint density at radius 3 is 2.09 bits per heavy atom. The molecule has 0 bridgehead atoms. The van der Waals surface area contributed by atoms with Gasteiger partial charge in [0.2, 0.25) is 5.91 Å². The van der Waals surface area contributed by atoms with Gasteiger partial charge in [0, 0.05) is 5.69 Å². The van der Waals surface area contributed by atoms with Gasteiger partial charge in [-0.3, -0.25) is 4.79 Å². The topological polar surface area (TPSA) is 48.0 Å². The zero-order valence-corrected chi connectivity index (χ0v) is 19.8. The standard InChI is InChI=1S/C28H31NO4/c1-5-19-8-10-20(11-9-19)28-24-18-26(33-7-3)25(32-6-2)16-21(24)17-27(30)29(28)22-12-14-23(31-4)15-13-22/h8-16,18,28H,5-7,17H2,1-4H3/t28-/m1/s1. The first-order valence-electron chi connectivity index (χ1n) is 11.6. The molecular formula is C28H31NO4. The number of hydrogen-bond acceptors (Lipinski definition) is 4. The second-order valence-corrected chi connectivity index (χ2v) is 8.00. The number of aryl methyl sites for hydroxylation is 1. The van der Waals surface area contributed by atoms with Crippen LogP contribution in [-0.2, 0) is 17.6 Å². The van der Waals surface area contributed by atoms with Gasteiger partial charge in [0.1, 0.15) is 5.75 Å². The van der Waals surface area contributed by atoms with Crippen LogP contribution in [0.5, 0.6) is 17.2 Å². The maximum Gasteiger partial charge on any atom is 0.232 e. The van der Waals surface area contributed by atoms with Gasteiger partial charge in [0.25, 0.3) is 0 Å². The van der Waals surface area contributed by atoms with E-state index in [4.69, 9.17) is 14.2 Å². The third kappa shape index (κ3) is 4.54. The van der Waals surface area contributed by atoms with E-state index < -0.39 is 0 Å². The molecule has 0 saturated carbocycles. The lowest BCUT2D eigenvalue weighted by Crippen LogP contribution is -2.41. The van der Waals surface area contributed by atoms with Gasteiger partial charge in [-0.05, 0) is 78.9 Å². The smallest absolute Gasteiger partial charge is 0.232 e. The normalized spacial score (nSPS) is 15.2. The summed E-state index contributed by atoms with van der Waals surface area (Å²) in [5, 5.41) is 0. The fourth-order valence-corrected chi connectivity index (χ4v) is 4.39. The Hall–Kier alpha value is -3.47. The number of fused-ring (bicyclic) bond motifs is 1. The van der Waals surface area contributed by atoms with Crippen LogP contribution in [0.1, 0.15) is 49.1 Å². The van der Waals surface area contributed by atoms with E-state index in [1.54, 1.807) is 7.11 Å². The number of ether oxygens (including phenoxy) is 3. The summed E-state index contributed by atoms with van der Waals surface area (Å²) in [6.07, 6.45) is 1.27. The third-order valence-corrected chi connectivity index (χ3v) is 6.02. The van der Waals surface area contributed by atoms with Crippen molar-refractivity contribution in [2.45, 2.75) is 39.7 Å². The molecule has 3 aromatic carbocycles. The number of nitrogens with zero attached hydrogens (tertiary/aromatic N) is 1. The number of anilines is 1. The molecule has 1 aliphatic rings. The van der Waals surface area contributed by atoms with Gasteiger partial charge >= 0.3 is 0 Å². The fourth-order valence-electron chi connectivity index (χ4n) is 4.39. The zero-order chi connectivity index (χ0) is 23.4. The van der Waals surface area contributed by atoms with Crippen LogP contribution in [0.25, 0.3) is 0 Å². The molecule has 1 aliphatic heterocycles. The Kier molecular flexibility index (Phi) is 6.87. The second kappa shape index (κ2) is 9.99. The van der Waals surface area contributed by atoms with Crippen molar-refractivity contribution in [2.24, 2.45) is 0 Å². The Balaban J connectivity index is 1.89. The minimum Gasteiger partial charge on any atom is -0.497 e. The maximum absolute atomic E-state index is 13.5. The molecule has 1 atom stereocenters. The van der Waals surface area contributed by atoms with Gasteiger partial charge in [-0.1, -0.05) is 31.2 Å². The molecule has 0 unspecified atom stereocenters. The second-order valence-electron chi connectivity index (χ2n) is 8.00. The van der Waals surface area contributed by atoms with Gasteiger partial charge in [0.15, 0.2) is 11.5 Å². The highest BCUT2D eigenvalue weighted by atomic mass is 16.5. The summed E-state index contributed by atoms with van der Waals surface area (Å²) in [5.74, 6) is 2.19. The van der Waals surface area contributed by atoms with Crippen LogP contribution < -0.4 is 19.1 Å². The molecule has 3 aromatic rings. The first kappa shape index (κ1) is 22.7. The minimum atomic E-state index is -0.268. The lowest BCUT2D eigenvalue weighted by Gasteiger charge is -2.38. The van der Waals surface area contributed by atoms with E-state index >= 15 is 0 Å². The van der Waals surface area contributed by atoms with Crippen molar-refractivity contribution in [1.82, 2.24) is 0 Å². The monoisotopic (exact) mass is 445 g/mol. The van der Waals surface area contributed by atoms with Crippen molar-refractivity contribution in [3.8, 4) is 17.2 Å². The largest absolute Gasteiger partial charge is 0.497 e. The Morgan fingerprint density at radius 2 is 1.52 bits per heavy atom. The summed E-state index contributed by atoms with van der Waals surface area (Å²) in [6.45, 7) is 7.12. The van der Waals surface area contributed by atoms with Gasteiger partial charge in [-0.15, -0.1) is 0 Å². The molecule has 0 aromatic heterocycles. The number of carbonyl (C=O) groups is 1. The molecule has 5 nitrogen and oxygen atoms in total. The lowest BCUT2D eigenvalue weighted by atomic mass is 9.86. The van der Waals surface area contributed by atoms with Crippen molar-refractivity contribution in [2.75, 3.05) is 25.2 Å². The summed E-state index contributed by atoms with van der Waals surface area (Å²) in [4.78, 5) is 15.4. The summed E-state index contributed by atoms with van der Waals surface area (Å²) in [5.41, 5.74) is 5.19. The molecule has 0 fully saturated rings. The van der Waals surface area contributed by atoms with E-state index in [1.165, 1.54) is 5.56 Å². The first-order chi connectivity index (χ1) is 16.1. The molecular weight excluding hydrogens is 414 g/mol. The molecule has 4 rings (SSSR count). The highest BCUT2D eigenvalue weighted by Gasteiger charge is 2.36. The van der Waals surface area contributed by atoms with Crippen LogP contribution in [-0.4, -0.2) is 26.2 Å². The quantitative estimate of drug-likeness (QED) is 0.444. The molecule has 172 valence electrons. The SMILES string of the molecule is CCOc1cc2c(cc1OCC)[C@@H](c1ccc(CC)cc1)N(c1ccc(OC)cc1)C(=O)C2. The predicted octanol–water partition coefficient (Wildman–Crippen LogP) is 5.73. The Bertz CT molecular complexity index is 1110. The Morgan fingerprint density at radius 1 is 0.879 bits per heavy atom. The molecule has 0 radical (unpaired) electrons. The van der Waals surface area contributed by atoms with E-state index in [0.717, 1.165) is 34.5 Å². The van der Waals surface area contributed by atoms with E-state index in [-0.39, 0.29) is 11.9 Å². The van der Waals surface area contributed by atoms with Crippen LogP contribution in [0, 0.1) is 0 Å². The highest BCUT2D eigenvalue weighted by Crippen LogP contribution is 2.43. The number of hydrogen-bond donors (Lipinski definition) is 0. The van der Waals surface area contributed by atoms with Crippen LogP contribution >= 0.6 is 0 Å². The minimum absolute atomic E-state index is 0.0452. The van der Waals surface area contributed by atoms with Crippen molar-refractivity contribution in [1.29, 1.82) is 0 Å². The lowest BCUT2D eigenvalue weighted by molar-refractivity contribution is -0.118. The van der Waals surface area contributed by atoms with Crippen LogP contribution in [0.2, 0.25) is 0 Å². The number of carbonyl (C=O) groups excluding carboxylic acids is 1. The molecule has 0 spiro atoms. The average molecular weight is 446 g/mol. The third-order valence-electron chi connectivity index (χ3n) is 6.02. The molecule has 5 heteroatoms. The summed E-state index contributed by atoms with van der Waals surface area (Å²) < 4.78 is 17.1. The van der Waals surface area contributed by atoms with Crippen LogP contribution in [0.3, 0.4) is 0 Å². The number of methoxy groups -OCH3 is 1. The van der Waals surface area contributed by atoms with Crippen molar-refractivity contribution in [3.05, 3.63) is 82.9 Å². The zero-order valence-electron chi connectivity index (χ0n) is 19.8. The summed E-state index contributed by atoms with van der Waals surface area (Å²) in [6, 6.07) is 19.9. The van der Waals surface area contributed by atoms with Crippen LogP contribution in [0.15, 0.2) is 60.7 Å². The van der Waals surface area contributed by atoms with Gasteiger partial charge in [-0.2, -0.15) is 0 Å². The summed E-state index contributed by atoms with van der Waals surface area (Å²) >= 11 is 0. The van der Waals surface area contributed by atoms with E-state index in [1.807, 2.05) is 55.1 Å². The van der Waals surface area contributed by atoms with E-state index in [9.17, 15) is 4.79 Å². The van der Waals surface area contributed by atoms with Gasteiger partial charge < -0.3 is 19.1 Å². The average Bonchev–Trinajstić information content (AvgIpc) is 2.84. The van der Waals surface area contributed by atoms with Crippen LogP contribution in [0.4, 0.5) is 5.69 Å². The summed E-state index contributed by atoms with van der Waals surface area (Å²) in [7, 11) is 1.64. The van der Waals surface area contributed by atoms with Crippen molar-refractivity contribution >= 4 is 11.6 Å². The highest BCUT2D eigenvalue weighted by molar-refractivity contribution is 5.98. The maximum atomic E-state index is 13.5. The number of amides is 1. The molecule has 0 aliphatic carbocycles. The van der Waals surface area contributed by atoms with Gasteiger partial charge in [0.05, 0.1) is 32.8 Å². The van der Waals surface area contributed by atoms with Crippen molar-refractivity contribution < 1.29 is 19.0 Å². The van der Waals surface area contributed by atoms with E-state index in [2.05, 4.69) is 31.2 Å². The van der Waals surface area contributed by atoms with Crippen molar-refractivity contribution in [3.63, 3.8) is 0 Å². The predicted molar refractivity (Wildman–Crippen MR) is 131 cm³/mol.